The van der Waals surface area contributed by atoms with E-state index in [4.69, 9.17) is 5.73 Å². The van der Waals surface area contributed by atoms with Crippen LogP contribution in [0.1, 0.15) is 91.4 Å². The van der Waals surface area contributed by atoms with Crippen molar-refractivity contribution in [2.24, 2.45) is 34.3 Å². The number of amides is 5. The van der Waals surface area contributed by atoms with Crippen molar-refractivity contribution in [3.63, 3.8) is 0 Å². The van der Waals surface area contributed by atoms with Gasteiger partial charge in [-0.3, -0.25) is 29.0 Å². The van der Waals surface area contributed by atoms with E-state index in [0.717, 1.165) is 12.8 Å². The zero-order chi connectivity index (χ0) is 33.9. The number of rotatable bonds is 15. The molecule has 2 fully saturated rings. The third kappa shape index (κ3) is 9.11. The fourth-order valence-electron chi connectivity index (χ4n) is 5.78. The van der Waals surface area contributed by atoms with Crippen molar-refractivity contribution in [3.05, 3.63) is 30.1 Å². The number of Topliss-reactive ketones (excluding diaryl/α,β-unsaturated/α-hetero) is 2. The first-order valence-electron chi connectivity index (χ1n) is 15.8. The maximum atomic E-state index is 14.3. The van der Waals surface area contributed by atoms with Gasteiger partial charge in [-0.1, -0.05) is 61.3 Å². The van der Waals surface area contributed by atoms with Crippen LogP contribution in [0.2, 0.25) is 0 Å². The van der Waals surface area contributed by atoms with E-state index in [2.05, 4.69) is 20.9 Å². The van der Waals surface area contributed by atoms with Gasteiger partial charge in [-0.15, -0.1) is 0 Å². The summed E-state index contributed by atoms with van der Waals surface area (Å²) in [4.78, 5) is 84.7. The van der Waals surface area contributed by atoms with Crippen molar-refractivity contribution in [2.45, 2.75) is 105 Å². The molecule has 0 bridgehead atoms. The van der Waals surface area contributed by atoms with E-state index in [1.807, 2.05) is 27.7 Å². The molecule has 1 aromatic heterocycles. The van der Waals surface area contributed by atoms with Gasteiger partial charge in [-0.25, -0.2) is 4.79 Å². The minimum absolute atomic E-state index is 0.157. The number of nitrogens with zero attached hydrogens (tertiary/aromatic N) is 2. The number of carbonyl (C=O) groups excluding carboxylic acids is 6. The van der Waals surface area contributed by atoms with Gasteiger partial charge in [0.2, 0.25) is 17.6 Å². The molecule has 2 aliphatic carbocycles. The Bertz CT molecular complexity index is 1290. The van der Waals surface area contributed by atoms with E-state index in [0.29, 0.717) is 18.4 Å². The average Bonchev–Trinajstić information content (AvgIpc) is 3.88. The van der Waals surface area contributed by atoms with Crippen LogP contribution in [0.3, 0.4) is 0 Å². The summed E-state index contributed by atoms with van der Waals surface area (Å²) in [5.41, 5.74) is 4.63. The number of primary amides is 1. The second kappa shape index (κ2) is 14.1. The number of aromatic nitrogens is 1. The smallest absolute Gasteiger partial charge is 0.316 e. The summed E-state index contributed by atoms with van der Waals surface area (Å²) in [7, 11) is 0. The summed E-state index contributed by atoms with van der Waals surface area (Å²) in [5, 5.41) is 8.29. The van der Waals surface area contributed by atoms with Crippen LogP contribution in [0.25, 0.3) is 0 Å². The lowest BCUT2D eigenvalue weighted by molar-refractivity contribution is -0.146. The van der Waals surface area contributed by atoms with Gasteiger partial charge in [0.25, 0.3) is 5.91 Å². The largest absolute Gasteiger partial charge is 0.363 e. The monoisotopic (exact) mass is 626 g/mol. The molecular weight excluding hydrogens is 576 g/mol. The Morgan fingerprint density at radius 2 is 1.69 bits per heavy atom. The number of urea groups is 1. The fraction of sp³-hybridized carbons (Fsp3) is 0.667. The summed E-state index contributed by atoms with van der Waals surface area (Å²) in [6, 6.07) is -1.36. The molecule has 12 nitrogen and oxygen atoms in total. The van der Waals surface area contributed by atoms with Gasteiger partial charge in [-0.2, -0.15) is 0 Å². The minimum Gasteiger partial charge on any atom is -0.363 e. The maximum absolute atomic E-state index is 14.3. The molecule has 45 heavy (non-hydrogen) atoms. The number of nitrogens with one attached hydrogen (secondary N) is 3. The van der Waals surface area contributed by atoms with Crippen LogP contribution in [-0.2, 0) is 19.2 Å². The highest BCUT2D eigenvalue weighted by molar-refractivity contribution is 6.37. The molecule has 0 aliphatic heterocycles. The second-order valence-corrected chi connectivity index (χ2v) is 14.6. The summed E-state index contributed by atoms with van der Waals surface area (Å²) < 4.78 is 0. The zero-order valence-electron chi connectivity index (χ0n) is 27.8. The lowest BCUT2D eigenvalue weighted by Crippen LogP contribution is -2.63. The molecule has 1 aromatic rings. The fourth-order valence-corrected chi connectivity index (χ4v) is 5.78. The van der Waals surface area contributed by atoms with Crippen molar-refractivity contribution in [3.8, 4) is 0 Å². The van der Waals surface area contributed by atoms with Crippen LogP contribution < -0.4 is 21.7 Å². The van der Waals surface area contributed by atoms with Crippen LogP contribution in [0, 0.1) is 28.6 Å². The number of hydrogen-bond acceptors (Lipinski definition) is 7. The van der Waals surface area contributed by atoms with Crippen molar-refractivity contribution in [2.75, 3.05) is 6.54 Å². The van der Waals surface area contributed by atoms with Gasteiger partial charge in [0.05, 0.1) is 12.1 Å². The van der Waals surface area contributed by atoms with Crippen molar-refractivity contribution in [1.29, 1.82) is 0 Å². The molecule has 2 saturated carbocycles. The van der Waals surface area contributed by atoms with Gasteiger partial charge in [0.15, 0.2) is 5.78 Å². The number of ketones is 2. The predicted molar refractivity (Wildman–Crippen MR) is 169 cm³/mol. The standard InChI is InChI=1S/C33H50N6O6/c1-9-39(24(21-16-33(21,7)8)29(43)36-22(15-19-12-13-19)26(41)28(34)42)30(44)27(32(4,5)6)38-31(45)37-23(18(2)3)25(40)20-11-10-14-35-17-20/h10-11,14,17-19,21-24,27H,9,12-13,15-16H2,1-8H3,(H2,34,42)(H,36,43)(H2,37,38,45)/t21?,22?,23-,24-,27+/m0/s1. The number of nitrogens with two attached hydrogens (primary N) is 1. The highest BCUT2D eigenvalue weighted by Crippen LogP contribution is 2.55. The number of hydrogen-bond donors (Lipinski definition) is 4. The van der Waals surface area contributed by atoms with Crippen molar-refractivity contribution in [1.82, 2.24) is 25.8 Å². The highest BCUT2D eigenvalue weighted by atomic mass is 16.2. The van der Waals surface area contributed by atoms with Gasteiger partial charge < -0.3 is 26.6 Å². The van der Waals surface area contributed by atoms with E-state index in [1.165, 1.54) is 11.1 Å². The van der Waals surface area contributed by atoms with Crippen LogP contribution in [0.5, 0.6) is 0 Å². The molecule has 5 amide bonds. The quantitative estimate of drug-likeness (QED) is 0.171. The number of carbonyl (C=O) groups is 6. The second-order valence-electron chi connectivity index (χ2n) is 14.6. The van der Waals surface area contributed by atoms with Crippen LogP contribution in [-0.4, -0.2) is 75.9 Å². The molecule has 0 aromatic carbocycles. The van der Waals surface area contributed by atoms with Gasteiger partial charge in [-0.05, 0) is 60.5 Å². The van der Waals surface area contributed by atoms with Gasteiger partial charge >= 0.3 is 6.03 Å². The Morgan fingerprint density at radius 3 is 2.13 bits per heavy atom. The van der Waals surface area contributed by atoms with Crippen LogP contribution in [0.4, 0.5) is 4.79 Å². The van der Waals surface area contributed by atoms with E-state index in [-0.39, 0.29) is 35.5 Å². The molecule has 2 aliphatic rings. The Labute approximate surface area is 266 Å². The molecule has 5 N–H and O–H groups in total. The predicted octanol–water partition coefficient (Wildman–Crippen LogP) is 2.61. The van der Waals surface area contributed by atoms with Crippen molar-refractivity contribution >= 4 is 35.3 Å². The van der Waals surface area contributed by atoms with E-state index >= 15 is 0 Å². The SMILES string of the molecule is CCN(C(=O)[C@@H](NC(=O)N[C@H](C(=O)c1cccnc1)C(C)C)C(C)(C)C)[C@H](C(=O)NC(CC1CC1)C(=O)C(N)=O)C1CC1(C)C. The number of pyridine rings is 1. The third-order valence-corrected chi connectivity index (χ3v) is 8.91. The molecule has 5 atom stereocenters. The van der Waals surface area contributed by atoms with E-state index in [1.54, 1.807) is 46.0 Å². The molecule has 0 spiro atoms. The third-order valence-electron chi connectivity index (χ3n) is 8.91. The Morgan fingerprint density at radius 1 is 1.07 bits per heavy atom. The van der Waals surface area contributed by atoms with Crippen molar-refractivity contribution < 1.29 is 28.8 Å². The average molecular weight is 627 g/mol. The molecular formula is C33H50N6O6. The molecule has 0 saturated heterocycles. The normalized spacial score (nSPS) is 19.8. The van der Waals surface area contributed by atoms with Crippen LogP contribution in [0.15, 0.2) is 24.5 Å². The van der Waals surface area contributed by atoms with E-state index < -0.39 is 59.1 Å². The molecule has 12 heteroatoms. The molecule has 2 unspecified atom stereocenters. The van der Waals surface area contributed by atoms with Gasteiger partial charge in [0.1, 0.15) is 12.1 Å². The minimum atomic E-state index is -1.11. The lowest BCUT2D eigenvalue weighted by Gasteiger charge is -2.39. The zero-order valence-corrected chi connectivity index (χ0v) is 27.8. The summed E-state index contributed by atoms with van der Waals surface area (Å²) in [6.45, 7) is 15.0. The van der Waals surface area contributed by atoms with E-state index in [9.17, 15) is 28.8 Å². The highest BCUT2D eigenvalue weighted by Gasteiger charge is 2.56. The molecule has 1 heterocycles. The summed E-state index contributed by atoms with van der Waals surface area (Å²) in [6.07, 6.45) is 5.79. The van der Waals surface area contributed by atoms with Crippen LogP contribution >= 0.6 is 0 Å². The number of likely N-dealkylation sites (N-methyl/N-ethyl adjacent to an activating group) is 1. The lowest BCUT2D eigenvalue weighted by atomic mass is 9.85. The van der Waals surface area contributed by atoms with Gasteiger partial charge in [0, 0.05) is 24.5 Å². The molecule has 0 radical (unpaired) electrons. The maximum Gasteiger partial charge on any atom is 0.316 e. The Hall–Kier alpha value is -3.83. The molecule has 3 rings (SSSR count). The first-order chi connectivity index (χ1) is 20.9. The Balaban J connectivity index is 1.86. The first kappa shape index (κ1) is 35.6. The molecule has 248 valence electrons. The summed E-state index contributed by atoms with van der Waals surface area (Å²) in [5.74, 6) is -3.50. The Kier molecular flexibility index (Phi) is 11.2. The first-order valence-corrected chi connectivity index (χ1v) is 15.8. The summed E-state index contributed by atoms with van der Waals surface area (Å²) >= 11 is 0. The topological polar surface area (TPSA) is 181 Å².